The summed E-state index contributed by atoms with van der Waals surface area (Å²) < 4.78 is 5.53. The largest absolute Gasteiger partial charge is 0.484 e. The van der Waals surface area contributed by atoms with Gasteiger partial charge in [0.2, 0.25) is 0 Å². The summed E-state index contributed by atoms with van der Waals surface area (Å²) in [5.41, 5.74) is 0. The van der Waals surface area contributed by atoms with Gasteiger partial charge < -0.3 is 9.64 Å². The molecule has 2 bridgehead atoms. The van der Waals surface area contributed by atoms with E-state index in [2.05, 4.69) is 12.2 Å². The first-order valence-electron chi connectivity index (χ1n) is 6.50. The Bertz CT molecular complexity index is 455. The Labute approximate surface area is 107 Å². The van der Waals surface area contributed by atoms with E-state index >= 15 is 0 Å². The average Bonchev–Trinajstić information content (AvgIpc) is 2.67. The molecule has 1 aromatic rings. The van der Waals surface area contributed by atoms with E-state index in [-0.39, 0.29) is 12.5 Å². The molecule has 0 N–H and O–H groups in total. The van der Waals surface area contributed by atoms with Crippen LogP contribution in [0.1, 0.15) is 19.3 Å². The molecule has 2 aliphatic heterocycles. The lowest BCUT2D eigenvalue weighted by atomic mass is 10.1. The molecule has 1 saturated heterocycles. The van der Waals surface area contributed by atoms with E-state index < -0.39 is 0 Å². The summed E-state index contributed by atoms with van der Waals surface area (Å²) in [5.74, 6) is 0.862. The summed E-state index contributed by atoms with van der Waals surface area (Å²) in [4.78, 5) is 14.2. The van der Waals surface area contributed by atoms with Crippen LogP contribution in [-0.4, -0.2) is 29.5 Å². The number of nitrogens with zero attached hydrogens (tertiary/aromatic N) is 1. The van der Waals surface area contributed by atoms with Gasteiger partial charge in [-0.3, -0.25) is 4.79 Å². The standard InChI is InChI=1S/C15H17NO2/c17-15(11-18-14-7-2-1-3-8-14)16-12-5-4-6-13(16)10-9-12/h1-5,7-8,12-13H,6,9-11H2. The molecule has 3 nitrogen and oxygen atoms in total. The Hall–Kier alpha value is -1.77. The van der Waals surface area contributed by atoms with Crippen molar-refractivity contribution in [2.45, 2.75) is 31.3 Å². The van der Waals surface area contributed by atoms with Crippen LogP contribution in [0.3, 0.4) is 0 Å². The van der Waals surface area contributed by atoms with Crippen molar-refractivity contribution in [1.29, 1.82) is 0 Å². The number of amides is 1. The van der Waals surface area contributed by atoms with Gasteiger partial charge in [-0.25, -0.2) is 0 Å². The molecule has 0 aliphatic carbocycles. The number of benzene rings is 1. The predicted octanol–water partition coefficient (Wildman–Crippen LogP) is 2.38. The molecule has 1 fully saturated rings. The molecule has 3 rings (SSSR count). The van der Waals surface area contributed by atoms with Crippen LogP contribution in [0.5, 0.6) is 5.75 Å². The third kappa shape index (κ3) is 2.13. The zero-order chi connectivity index (χ0) is 12.4. The first-order valence-corrected chi connectivity index (χ1v) is 6.50. The highest BCUT2D eigenvalue weighted by atomic mass is 16.5. The monoisotopic (exact) mass is 243 g/mol. The molecule has 0 aromatic heterocycles. The Balaban J connectivity index is 1.61. The lowest BCUT2D eigenvalue weighted by Crippen LogP contribution is -2.44. The number of fused-ring (bicyclic) bond motifs is 2. The van der Waals surface area contributed by atoms with E-state index in [4.69, 9.17) is 4.74 Å². The summed E-state index contributed by atoms with van der Waals surface area (Å²) in [6.07, 6.45) is 7.56. The first kappa shape index (κ1) is 11.3. The zero-order valence-corrected chi connectivity index (χ0v) is 10.3. The molecule has 1 aromatic carbocycles. The number of ether oxygens (including phenoxy) is 1. The van der Waals surface area contributed by atoms with Gasteiger partial charge >= 0.3 is 0 Å². The van der Waals surface area contributed by atoms with Crippen molar-refractivity contribution in [2.24, 2.45) is 0 Å². The van der Waals surface area contributed by atoms with Crippen LogP contribution < -0.4 is 4.74 Å². The minimum absolute atomic E-state index is 0.107. The maximum Gasteiger partial charge on any atom is 0.261 e. The maximum absolute atomic E-state index is 12.2. The molecular formula is C15H17NO2. The predicted molar refractivity (Wildman–Crippen MR) is 69.4 cm³/mol. The second kappa shape index (κ2) is 4.84. The van der Waals surface area contributed by atoms with Gasteiger partial charge in [-0.15, -0.1) is 0 Å². The number of hydrogen-bond acceptors (Lipinski definition) is 2. The molecule has 2 aliphatic rings. The fourth-order valence-corrected chi connectivity index (χ4v) is 2.85. The van der Waals surface area contributed by atoms with Gasteiger partial charge in [0, 0.05) is 6.04 Å². The summed E-state index contributed by atoms with van der Waals surface area (Å²) in [7, 11) is 0. The van der Waals surface area contributed by atoms with Crippen molar-refractivity contribution in [3.63, 3.8) is 0 Å². The van der Waals surface area contributed by atoms with Crippen molar-refractivity contribution in [1.82, 2.24) is 4.90 Å². The van der Waals surface area contributed by atoms with E-state index in [0.717, 1.165) is 25.0 Å². The van der Waals surface area contributed by atoms with Crippen LogP contribution in [0, 0.1) is 0 Å². The lowest BCUT2D eigenvalue weighted by Gasteiger charge is -2.31. The quantitative estimate of drug-likeness (QED) is 0.763. The normalized spacial score (nSPS) is 25.2. The molecule has 2 unspecified atom stereocenters. The van der Waals surface area contributed by atoms with Gasteiger partial charge in [-0.2, -0.15) is 0 Å². The summed E-state index contributed by atoms with van der Waals surface area (Å²) in [6, 6.07) is 10.2. The van der Waals surface area contributed by atoms with Crippen LogP contribution in [0.25, 0.3) is 0 Å². The highest BCUT2D eigenvalue weighted by Gasteiger charge is 2.36. The van der Waals surface area contributed by atoms with Crippen molar-refractivity contribution in [3.8, 4) is 5.75 Å². The molecule has 3 heteroatoms. The van der Waals surface area contributed by atoms with Crippen LogP contribution >= 0.6 is 0 Å². The number of carbonyl (C=O) groups is 1. The molecule has 2 atom stereocenters. The molecule has 0 spiro atoms. The lowest BCUT2D eigenvalue weighted by molar-refractivity contribution is -0.135. The zero-order valence-electron chi connectivity index (χ0n) is 10.3. The van der Waals surface area contributed by atoms with Gasteiger partial charge in [0.05, 0.1) is 6.04 Å². The van der Waals surface area contributed by atoms with Gasteiger partial charge in [-0.1, -0.05) is 30.4 Å². The number of carbonyl (C=O) groups excluding carboxylic acids is 1. The topological polar surface area (TPSA) is 29.5 Å². The van der Waals surface area contributed by atoms with Gasteiger partial charge in [0.25, 0.3) is 5.91 Å². The molecule has 18 heavy (non-hydrogen) atoms. The Morgan fingerprint density at radius 3 is 2.89 bits per heavy atom. The maximum atomic E-state index is 12.2. The molecule has 94 valence electrons. The van der Waals surface area contributed by atoms with Crippen molar-refractivity contribution < 1.29 is 9.53 Å². The van der Waals surface area contributed by atoms with Gasteiger partial charge in [-0.05, 0) is 31.4 Å². The van der Waals surface area contributed by atoms with Crippen molar-refractivity contribution in [2.75, 3.05) is 6.61 Å². The Morgan fingerprint density at radius 1 is 1.28 bits per heavy atom. The first-order chi connectivity index (χ1) is 8.84. The minimum Gasteiger partial charge on any atom is -0.484 e. The second-order valence-electron chi connectivity index (χ2n) is 4.87. The third-order valence-electron chi connectivity index (χ3n) is 3.71. The highest BCUT2D eigenvalue weighted by Crippen LogP contribution is 2.31. The van der Waals surface area contributed by atoms with Gasteiger partial charge in [0.15, 0.2) is 6.61 Å². The SMILES string of the molecule is O=C(COc1ccccc1)N1C2C=CCC1CC2. The third-order valence-corrected chi connectivity index (χ3v) is 3.71. The van der Waals surface area contributed by atoms with Crippen molar-refractivity contribution >= 4 is 5.91 Å². The van der Waals surface area contributed by atoms with Gasteiger partial charge in [0.1, 0.15) is 5.75 Å². The smallest absolute Gasteiger partial charge is 0.261 e. The fourth-order valence-electron chi connectivity index (χ4n) is 2.85. The molecular weight excluding hydrogens is 226 g/mol. The summed E-state index contributed by atoms with van der Waals surface area (Å²) in [5, 5.41) is 0. The van der Waals surface area contributed by atoms with E-state index in [1.54, 1.807) is 0 Å². The average molecular weight is 243 g/mol. The summed E-state index contributed by atoms with van der Waals surface area (Å²) >= 11 is 0. The second-order valence-corrected chi connectivity index (χ2v) is 4.87. The number of para-hydroxylation sites is 1. The Morgan fingerprint density at radius 2 is 2.11 bits per heavy atom. The molecule has 2 heterocycles. The van der Waals surface area contributed by atoms with Crippen LogP contribution in [0.4, 0.5) is 0 Å². The van der Waals surface area contributed by atoms with E-state index in [1.165, 1.54) is 0 Å². The summed E-state index contributed by atoms with van der Waals surface area (Å²) in [6.45, 7) is 0.144. The number of hydrogen-bond donors (Lipinski definition) is 0. The highest BCUT2D eigenvalue weighted by molar-refractivity contribution is 5.79. The molecule has 0 saturated carbocycles. The fraction of sp³-hybridized carbons (Fsp3) is 0.400. The van der Waals surface area contributed by atoms with Crippen molar-refractivity contribution in [3.05, 3.63) is 42.5 Å². The van der Waals surface area contributed by atoms with E-state index in [0.29, 0.717) is 12.1 Å². The molecule has 0 radical (unpaired) electrons. The molecule has 1 amide bonds. The number of rotatable bonds is 3. The minimum atomic E-state index is 0.107. The van der Waals surface area contributed by atoms with E-state index in [1.807, 2.05) is 35.2 Å². The van der Waals surface area contributed by atoms with Crippen LogP contribution in [-0.2, 0) is 4.79 Å². The van der Waals surface area contributed by atoms with E-state index in [9.17, 15) is 4.79 Å². The van der Waals surface area contributed by atoms with Crippen LogP contribution in [0.2, 0.25) is 0 Å². The van der Waals surface area contributed by atoms with Crippen LogP contribution in [0.15, 0.2) is 42.5 Å². The Kier molecular flexibility index (Phi) is 3.05.